The van der Waals surface area contributed by atoms with E-state index in [0.29, 0.717) is 10.2 Å². The van der Waals surface area contributed by atoms with Gasteiger partial charge in [-0.15, -0.1) is 0 Å². The quantitative estimate of drug-likeness (QED) is 0.631. The first-order valence-electron chi connectivity index (χ1n) is 4.96. The summed E-state index contributed by atoms with van der Waals surface area (Å²) in [5, 5.41) is 15.3. The molecule has 1 heterocycles. The van der Waals surface area contributed by atoms with Crippen LogP contribution in [0.4, 0.5) is 5.69 Å². The Hall–Kier alpha value is -1.69. The third-order valence-corrected chi connectivity index (χ3v) is 2.87. The summed E-state index contributed by atoms with van der Waals surface area (Å²) in [6.45, 7) is 3.72. The Bertz CT molecular complexity index is 592. The Balaban J connectivity index is 2.67. The first kappa shape index (κ1) is 11.8. The summed E-state index contributed by atoms with van der Waals surface area (Å²) in [4.78, 5) is 10.6. The van der Waals surface area contributed by atoms with Crippen molar-refractivity contribution in [2.45, 2.75) is 13.8 Å². The topological polar surface area (TPSA) is 61.0 Å². The van der Waals surface area contributed by atoms with Crippen molar-refractivity contribution in [2.75, 3.05) is 0 Å². The van der Waals surface area contributed by atoms with Gasteiger partial charge in [-0.1, -0.05) is 15.9 Å². The molecule has 2 aromatic rings. The Kier molecular flexibility index (Phi) is 2.97. The summed E-state index contributed by atoms with van der Waals surface area (Å²) in [6.07, 6.45) is 0. The van der Waals surface area contributed by atoms with Crippen LogP contribution in [0.5, 0.6) is 0 Å². The fraction of sp³-hybridized carbons (Fsp3) is 0.182. The molecule has 1 aromatic heterocycles. The number of hydrogen-bond acceptors (Lipinski definition) is 3. The van der Waals surface area contributed by atoms with Gasteiger partial charge in [0.15, 0.2) is 0 Å². The van der Waals surface area contributed by atoms with Gasteiger partial charge in [0.2, 0.25) is 0 Å². The Morgan fingerprint density at radius 1 is 1.35 bits per heavy atom. The number of nitro groups is 1. The largest absolute Gasteiger partial charge is 0.296 e. The fourth-order valence-electron chi connectivity index (χ4n) is 1.69. The van der Waals surface area contributed by atoms with Gasteiger partial charge in [-0.2, -0.15) is 5.10 Å². The molecular weight excluding hydrogens is 286 g/mol. The number of rotatable bonds is 2. The van der Waals surface area contributed by atoms with E-state index in [-0.39, 0.29) is 5.69 Å². The molecule has 0 aliphatic rings. The van der Waals surface area contributed by atoms with E-state index in [1.54, 1.807) is 16.8 Å². The van der Waals surface area contributed by atoms with Gasteiger partial charge in [-0.25, -0.2) is 4.68 Å². The number of nitrogens with zero attached hydrogens (tertiary/aromatic N) is 3. The Morgan fingerprint density at radius 3 is 2.59 bits per heavy atom. The van der Waals surface area contributed by atoms with E-state index in [2.05, 4.69) is 21.0 Å². The Morgan fingerprint density at radius 2 is 2.06 bits per heavy atom. The average Bonchev–Trinajstić information content (AvgIpc) is 2.57. The predicted molar refractivity (Wildman–Crippen MR) is 67.4 cm³/mol. The summed E-state index contributed by atoms with van der Waals surface area (Å²) in [5.41, 5.74) is 2.21. The third kappa shape index (κ3) is 2.21. The lowest BCUT2D eigenvalue weighted by Crippen LogP contribution is -2.03. The van der Waals surface area contributed by atoms with E-state index < -0.39 is 4.92 Å². The summed E-state index contributed by atoms with van der Waals surface area (Å²) in [7, 11) is 0. The molecule has 17 heavy (non-hydrogen) atoms. The van der Waals surface area contributed by atoms with Crippen LogP contribution < -0.4 is 0 Å². The molecule has 5 nitrogen and oxygen atoms in total. The van der Waals surface area contributed by atoms with Crippen LogP contribution >= 0.6 is 15.9 Å². The van der Waals surface area contributed by atoms with Gasteiger partial charge in [0.25, 0.3) is 5.69 Å². The first-order valence-corrected chi connectivity index (χ1v) is 5.76. The van der Waals surface area contributed by atoms with Crippen LogP contribution in [-0.2, 0) is 0 Å². The standard InChI is InChI=1S/C11H10BrN3O2/c1-7-5-8(2)14(13-7)10-4-3-9(12)6-11(10)15(16)17/h3-6H,1-2H3. The number of aryl methyl sites for hydroxylation is 2. The second-order valence-corrected chi connectivity index (χ2v) is 4.64. The van der Waals surface area contributed by atoms with Crippen LogP contribution in [0.25, 0.3) is 5.69 Å². The molecule has 0 saturated heterocycles. The highest BCUT2D eigenvalue weighted by atomic mass is 79.9. The molecule has 1 aromatic carbocycles. The summed E-state index contributed by atoms with van der Waals surface area (Å²) >= 11 is 3.23. The highest BCUT2D eigenvalue weighted by molar-refractivity contribution is 9.10. The van der Waals surface area contributed by atoms with Crippen molar-refractivity contribution in [1.29, 1.82) is 0 Å². The number of benzene rings is 1. The molecule has 0 aliphatic carbocycles. The maximum Gasteiger partial charge on any atom is 0.296 e. The van der Waals surface area contributed by atoms with E-state index in [0.717, 1.165) is 11.4 Å². The summed E-state index contributed by atoms with van der Waals surface area (Å²) in [6, 6.07) is 6.80. The molecule has 0 N–H and O–H groups in total. The maximum atomic E-state index is 11.0. The molecule has 0 unspecified atom stereocenters. The van der Waals surface area contributed by atoms with Crippen LogP contribution in [0.15, 0.2) is 28.7 Å². The van der Waals surface area contributed by atoms with Gasteiger partial charge in [-0.3, -0.25) is 10.1 Å². The van der Waals surface area contributed by atoms with Crippen LogP contribution in [-0.4, -0.2) is 14.7 Å². The zero-order valence-electron chi connectivity index (χ0n) is 9.35. The molecule has 0 amide bonds. The second-order valence-electron chi connectivity index (χ2n) is 3.73. The molecule has 0 bridgehead atoms. The molecule has 0 atom stereocenters. The molecule has 6 heteroatoms. The van der Waals surface area contributed by atoms with E-state index >= 15 is 0 Å². The van der Waals surface area contributed by atoms with E-state index in [9.17, 15) is 10.1 Å². The molecule has 2 rings (SSSR count). The molecule has 0 radical (unpaired) electrons. The van der Waals surface area contributed by atoms with Crippen molar-refractivity contribution in [3.8, 4) is 5.69 Å². The van der Waals surface area contributed by atoms with Gasteiger partial charge in [-0.05, 0) is 32.0 Å². The third-order valence-electron chi connectivity index (χ3n) is 2.37. The van der Waals surface area contributed by atoms with E-state index in [1.807, 2.05) is 19.9 Å². The highest BCUT2D eigenvalue weighted by Gasteiger charge is 2.17. The SMILES string of the molecule is Cc1cc(C)n(-c2ccc(Br)cc2[N+](=O)[O-])n1. The number of nitro benzene ring substituents is 1. The minimum absolute atomic E-state index is 0.0329. The van der Waals surface area contributed by atoms with E-state index in [4.69, 9.17) is 0 Å². The lowest BCUT2D eigenvalue weighted by atomic mass is 10.2. The van der Waals surface area contributed by atoms with Crippen molar-refractivity contribution in [2.24, 2.45) is 0 Å². The summed E-state index contributed by atoms with van der Waals surface area (Å²) in [5.74, 6) is 0. The lowest BCUT2D eigenvalue weighted by Gasteiger charge is -2.05. The van der Waals surface area contributed by atoms with Gasteiger partial charge < -0.3 is 0 Å². The first-order chi connectivity index (χ1) is 7.99. The zero-order valence-corrected chi connectivity index (χ0v) is 10.9. The smallest absolute Gasteiger partial charge is 0.258 e. The van der Waals surface area contributed by atoms with Crippen molar-refractivity contribution < 1.29 is 4.92 Å². The summed E-state index contributed by atoms with van der Waals surface area (Å²) < 4.78 is 2.26. The van der Waals surface area contributed by atoms with Gasteiger partial charge in [0.05, 0.1) is 10.6 Å². The molecule has 0 aliphatic heterocycles. The molecule has 88 valence electrons. The molecule has 0 spiro atoms. The van der Waals surface area contributed by atoms with Crippen molar-refractivity contribution in [3.05, 3.63) is 50.2 Å². The normalized spacial score (nSPS) is 10.5. The van der Waals surface area contributed by atoms with E-state index in [1.165, 1.54) is 6.07 Å². The number of hydrogen-bond donors (Lipinski definition) is 0. The number of aromatic nitrogens is 2. The monoisotopic (exact) mass is 295 g/mol. The Labute approximate surface area is 106 Å². The molecule has 0 fully saturated rings. The van der Waals surface area contributed by atoms with Crippen LogP contribution in [0.3, 0.4) is 0 Å². The lowest BCUT2D eigenvalue weighted by molar-refractivity contribution is -0.384. The van der Waals surface area contributed by atoms with Crippen molar-refractivity contribution in [3.63, 3.8) is 0 Å². The molecule has 0 saturated carbocycles. The fourth-order valence-corrected chi connectivity index (χ4v) is 2.04. The molecular formula is C11H10BrN3O2. The maximum absolute atomic E-state index is 11.0. The van der Waals surface area contributed by atoms with Gasteiger partial charge >= 0.3 is 0 Å². The predicted octanol–water partition coefficient (Wildman–Crippen LogP) is 3.16. The van der Waals surface area contributed by atoms with Crippen molar-refractivity contribution in [1.82, 2.24) is 9.78 Å². The minimum Gasteiger partial charge on any atom is -0.258 e. The highest BCUT2D eigenvalue weighted by Crippen LogP contribution is 2.27. The second kappa shape index (κ2) is 4.29. The van der Waals surface area contributed by atoms with Crippen molar-refractivity contribution >= 4 is 21.6 Å². The zero-order chi connectivity index (χ0) is 12.6. The van der Waals surface area contributed by atoms with Gasteiger partial charge in [0.1, 0.15) is 5.69 Å². The minimum atomic E-state index is -0.406. The van der Waals surface area contributed by atoms with Crippen LogP contribution in [0.1, 0.15) is 11.4 Å². The average molecular weight is 296 g/mol. The van der Waals surface area contributed by atoms with Crippen LogP contribution in [0, 0.1) is 24.0 Å². The van der Waals surface area contributed by atoms with Crippen LogP contribution in [0.2, 0.25) is 0 Å². The van der Waals surface area contributed by atoms with Gasteiger partial charge in [0, 0.05) is 16.2 Å². The number of halogens is 1.